The van der Waals surface area contributed by atoms with Crippen molar-refractivity contribution in [2.75, 3.05) is 11.5 Å². The molecule has 1 saturated heterocycles. The Morgan fingerprint density at radius 3 is 2.53 bits per heavy atom. The molecule has 2 nitrogen and oxygen atoms in total. The van der Waals surface area contributed by atoms with Crippen molar-refractivity contribution in [2.45, 2.75) is 29.3 Å². The number of carboxylic acid groups (broad SMARTS) is 1. The molecule has 1 heterocycles. The summed E-state index contributed by atoms with van der Waals surface area (Å²) in [7, 11) is 0. The highest BCUT2D eigenvalue weighted by Crippen LogP contribution is 2.57. The lowest BCUT2D eigenvalue weighted by molar-refractivity contribution is -0.143. The summed E-state index contributed by atoms with van der Waals surface area (Å²) in [6.45, 7) is 0. The Hall–Kier alpha value is -0.610. The molecule has 1 saturated carbocycles. The minimum absolute atomic E-state index is 0.186. The Morgan fingerprint density at radius 2 is 1.89 bits per heavy atom. The van der Waals surface area contributed by atoms with Crippen LogP contribution in [-0.2, 0) is 4.79 Å². The van der Waals surface area contributed by atoms with Crippen LogP contribution in [0.15, 0.2) is 30.3 Å². The van der Waals surface area contributed by atoms with E-state index in [0.717, 1.165) is 19.3 Å². The van der Waals surface area contributed by atoms with Crippen LogP contribution in [0.3, 0.4) is 0 Å². The minimum atomic E-state index is -0.624. The average Bonchev–Trinajstić information content (AvgIpc) is 2.88. The van der Waals surface area contributed by atoms with Crippen LogP contribution in [-0.4, -0.2) is 26.7 Å². The van der Waals surface area contributed by atoms with Crippen LogP contribution in [0.5, 0.6) is 0 Å². The summed E-state index contributed by atoms with van der Waals surface area (Å²) >= 11 is 3.97. The molecule has 0 aromatic heterocycles. The number of aliphatic carboxylic acids is 1. The molecule has 1 aliphatic heterocycles. The molecule has 1 spiro atoms. The van der Waals surface area contributed by atoms with E-state index in [1.165, 1.54) is 17.1 Å². The second-order valence-corrected chi connectivity index (χ2v) is 8.53. The molecule has 2 aliphatic rings. The first kappa shape index (κ1) is 13.4. The molecule has 1 aromatic carbocycles. The summed E-state index contributed by atoms with van der Waals surface area (Å²) in [5.41, 5.74) is 1.19. The van der Waals surface area contributed by atoms with E-state index in [9.17, 15) is 9.90 Å². The second-order valence-electron chi connectivity index (χ2n) is 5.31. The largest absolute Gasteiger partial charge is 0.481 e. The van der Waals surface area contributed by atoms with Gasteiger partial charge in [-0.15, -0.1) is 23.5 Å². The van der Waals surface area contributed by atoms with Crippen LogP contribution in [0.25, 0.3) is 0 Å². The normalized spacial score (nSPS) is 29.5. The highest BCUT2D eigenvalue weighted by molar-refractivity contribution is 8.21. The number of hydrogen-bond donors (Lipinski definition) is 1. The summed E-state index contributed by atoms with van der Waals surface area (Å²) in [5.74, 6) is 1.68. The number of thioether (sulfide) groups is 2. The van der Waals surface area contributed by atoms with E-state index in [-0.39, 0.29) is 15.9 Å². The summed E-state index contributed by atoms with van der Waals surface area (Å²) in [4.78, 5) is 11.7. The second kappa shape index (κ2) is 5.41. The fraction of sp³-hybridized carbons (Fsp3) is 0.533. The Kier molecular flexibility index (Phi) is 3.81. The zero-order valence-corrected chi connectivity index (χ0v) is 12.4. The highest BCUT2D eigenvalue weighted by atomic mass is 32.2. The maximum Gasteiger partial charge on any atom is 0.307 e. The molecule has 102 valence electrons. The van der Waals surface area contributed by atoms with Crippen molar-refractivity contribution in [1.82, 2.24) is 0 Å². The van der Waals surface area contributed by atoms with E-state index in [4.69, 9.17) is 0 Å². The monoisotopic (exact) mass is 294 g/mol. The van der Waals surface area contributed by atoms with Crippen LogP contribution in [0.1, 0.15) is 30.7 Å². The molecule has 1 aliphatic carbocycles. The van der Waals surface area contributed by atoms with Gasteiger partial charge in [-0.05, 0) is 30.7 Å². The van der Waals surface area contributed by atoms with Crippen LogP contribution in [0.2, 0.25) is 0 Å². The van der Waals surface area contributed by atoms with Gasteiger partial charge in [0.05, 0.1) is 10.00 Å². The van der Waals surface area contributed by atoms with Gasteiger partial charge in [-0.3, -0.25) is 4.79 Å². The summed E-state index contributed by atoms with van der Waals surface area (Å²) in [6, 6.07) is 10.2. The van der Waals surface area contributed by atoms with E-state index in [1.807, 2.05) is 41.7 Å². The van der Waals surface area contributed by atoms with Crippen molar-refractivity contribution in [3.05, 3.63) is 35.9 Å². The highest BCUT2D eigenvalue weighted by Gasteiger charge is 2.46. The summed E-state index contributed by atoms with van der Waals surface area (Å²) in [5, 5.41) is 9.60. The molecule has 0 unspecified atom stereocenters. The zero-order valence-electron chi connectivity index (χ0n) is 10.7. The van der Waals surface area contributed by atoms with Crippen molar-refractivity contribution in [3.63, 3.8) is 0 Å². The van der Waals surface area contributed by atoms with Gasteiger partial charge in [-0.25, -0.2) is 0 Å². The van der Waals surface area contributed by atoms with Gasteiger partial charge in [0.15, 0.2) is 0 Å². The Morgan fingerprint density at radius 1 is 1.21 bits per heavy atom. The Bertz CT molecular complexity index is 454. The lowest BCUT2D eigenvalue weighted by Gasteiger charge is -2.40. The van der Waals surface area contributed by atoms with E-state index in [1.54, 1.807) is 0 Å². The first-order chi connectivity index (χ1) is 9.20. The number of benzene rings is 1. The predicted octanol–water partition coefficient (Wildman–Crippen LogP) is 3.83. The van der Waals surface area contributed by atoms with Gasteiger partial charge in [-0.1, -0.05) is 30.3 Å². The molecule has 0 bridgehead atoms. The molecule has 2 fully saturated rings. The van der Waals surface area contributed by atoms with Crippen LogP contribution in [0.4, 0.5) is 0 Å². The Balaban J connectivity index is 1.84. The van der Waals surface area contributed by atoms with Gasteiger partial charge in [0, 0.05) is 11.5 Å². The van der Waals surface area contributed by atoms with Gasteiger partial charge in [0.25, 0.3) is 0 Å². The Labute approximate surface area is 122 Å². The maximum absolute atomic E-state index is 11.7. The van der Waals surface area contributed by atoms with Crippen molar-refractivity contribution >= 4 is 29.5 Å². The van der Waals surface area contributed by atoms with E-state index in [2.05, 4.69) is 12.1 Å². The van der Waals surface area contributed by atoms with Crippen LogP contribution in [0, 0.1) is 5.92 Å². The van der Waals surface area contributed by atoms with E-state index >= 15 is 0 Å². The predicted molar refractivity (Wildman–Crippen MR) is 81.8 cm³/mol. The lowest BCUT2D eigenvalue weighted by atomic mass is 9.75. The summed E-state index contributed by atoms with van der Waals surface area (Å²) < 4.78 is 0.189. The van der Waals surface area contributed by atoms with E-state index in [0.29, 0.717) is 0 Å². The molecule has 0 amide bonds. The topological polar surface area (TPSA) is 37.3 Å². The van der Waals surface area contributed by atoms with Crippen molar-refractivity contribution in [3.8, 4) is 0 Å². The zero-order chi connectivity index (χ0) is 13.3. The van der Waals surface area contributed by atoms with E-state index < -0.39 is 5.97 Å². The average molecular weight is 294 g/mol. The molecule has 4 heteroatoms. The fourth-order valence-electron chi connectivity index (χ4n) is 3.27. The number of carbonyl (C=O) groups is 1. The summed E-state index contributed by atoms with van der Waals surface area (Å²) in [6.07, 6.45) is 2.96. The smallest absolute Gasteiger partial charge is 0.307 e. The number of carboxylic acids is 1. The molecule has 3 rings (SSSR count). The van der Waals surface area contributed by atoms with Crippen molar-refractivity contribution < 1.29 is 9.90 Å². The van der Waals surface area contributed by atoms with Crippen molar-refractivity contribution in [2.24, 2.45) is 5.92 Å². The molecule has 0 radical (unpaired) electrons. The maximum atomic E-state index is 11.7. The SMILES string of the molecule is O=C(O)[C@H]1CC2(CC[C@@H]1c1ccccc1)SCCS2. The van der Waals surface area contributed by atoms with Crippen LogP contribution < -0.4 is 0 Å². The van der Waals surface area contributed by atoms with Gasteiger partial charge in [-0.2, -0.15) is 0 Å². The molecule has 1 aromatic rings. The van der Waals surface area contributed by atoms with Gasteiger partial charge < -0.3 is 5.11 Å². The molecular weight excluding hydrogens is 276 g/mol. The third-order valence-corrected chi connectivity index (χ3v) is 7.79. The van der Waals surface area contributed by atoms with Gasteiger partial charge in [0.1, 0.15) is 0 Å². The molecule has 19 heavy (non-hydrogen) atoms. The van der Waals surface area contributed by atoms with Gasteiger partial charge in [0.2, 0.25) is 0 Å². The van der Waals surface area contributed by atoms with Crippen molar-refractivity contribution in [1.29, 1.82) is 0 Å². The third-order valence-electron chi connectivity index (χ3n) is 4.21. The quantitative estimate of drug-likeness (QED) is 0.899. The molecule has 2 atom stereocenters. The first-order valence-electron chi connectivity index (χ1n) is 6.76. The molecule has 1 N–H and O–H groups in total. The fourth-order valence-corrected chi connectivity index (χ4v) is 6.64. The number of rotatable bonds is 2. The number of hydrogen-bond acceptors (Lipinski definition) is 3. The lowest BCUT2D eigenvalue weighted by Crippen LogP contribution is -2.36. The standard InChI is InChI=1S/C15H18O2S2/c16-14(17)13-10-15(18-8-9-19-15)7-6-12(13)11-4-2-1-3-5-11/h1-5,12-13H,6-10H2,(H,16,17)/t12-,13+/m1/s1. The molecular formula is C15H18O2S2. The minimum Gasteiger partial charge on any atom is -0.481 e. The van der Waals surface area contributed by atoms with Gasteiger partial charge >= 0.3 is 5.97 Å². The first-order valence-corrected chi connectivity index (χ1v) is 8.73. The van der Waals surface area contributed by atoms with Crippen LogP contribution >= 0.6 is 23.5 Å². The third kappa shape index (κ3) is 2.65.